The van der Waals surface area contributed by atoms with Crippen LogP contribution in [0.5, 0.6) is 5.75 Å². The van der Waals surface area contributed by atoms with Gasteiger partial charge in [-0.25, -0.2) is 0 Å². The summed E-state index contributed by atoms with van der Waals surface area (Å²) in [7, 11) is 0. The molecule has 0 aromatic heterocycles. The number of rotatable bonds is 8. The Hall–Kier alpha value is -1.51. The summed E-state index contributed by atoms with van der Waals surface area (Å²) in [5.41, 5.74) is 1.07. The number of ether oxygens (including phenoxy) is 1. The van der Waals surface area contributed by atoms with Crippen molar-refractivity contribution in [3.05, 3.63) is 29.8 Å². The van der Waals surface area contributed by atoms with Crippen molar-refractivity contribution >= 4 is 5.91 Å². The molecule has 0 heterocycles. The molecule has 2 rings (SSSR count). The van der Waals surface area contributed by atoms with Gasteiger partial charge < -0.3 is 9.64 Å². The zero-order chi connectivity index (χ0) is 14.4. The van der Waals surface area contributed by atoms with Crippen LogP contribution in [0.1, 0.15) is 38.7 Å². The van der Waals surface area contributed by atoms with Crippen LogP contribution in [0.4, 0.5) is 0 Å². The Labute approximate surface area is 121 Å². The Balaban J connectivity index is 1.90. The maximum atomic E-state index is 12.4. The first-order chi connectivity index (χ1) is 9.72. The van der Waals surface area contributed by atoms with E-state index in [9.17, 15) is 4.79 Å². The molecule has 0 unspecified atom stereocenters. The van der Waals surface area contributed by atoms with Crippen LogP contribution in [0.2, 0.25) is 0 Å². The summed E-state index contributed by atoms with van der Waals surface area (Å²) in [6.45, 7) is 6.60. The third-order valence-corrected chi connectivity index (χ3v) is 3.61. The number of hydrogen-bond acceptors (Lipinski definition) is 2. The van der Waals surface area contributed by atoms with Crippen molar-refractivity contribution in [1.82, 2.24) is 4.90 Å². The summed E-state index contributed by atoms with van der Waals surface area (Å²) in [6.07, 6.45) is 4.11. The number of nitrogens with zero attached hydrogens (tertiary/aromatic N) is 1. The van der Waals surface area contributed by atoms with Crippen molar-refractivity contribution in [2.24, 2.45) is 5.92 Å². The Bertz CT molecular complexity index is 423. The molecule has 0 bridgehead atoms. The average Bonchev–Trinajstić information content (AvgIpc) is 3.25. The van der Waals surface area contributed by atoms with E-state index in [1.807, 2.05) is 36.1 Å². The molecule has 1 saturated carbocycles. The van der Waals surface area contributed by atoms with Crippen molar-refractivity contribution in [1.29, 1.82) is 0 Å². The Morgan fingerprint density at radius 1 is 1.25 bits per heavy atom. The summed E-state index contributed by atoms with van der Waals surface area (Å²) in [5, 5.41) is 0. The zero-order valence-electron chi connectivity index (χ0n) is 12.6. The van der Waals surface area contributed by atoms with Crippen molar-refractivity contribution in [3.8, 4) is 5.75 Å². The SMILES string of the molecule is CCCN(CC1CC1)C(=O)Cc1ccc(OCC)cc1. The minimum Gasteiger partial charge on any atom is -0.494 e. The van der Waals surface area contributed by atoms with Crippen LogP contribution in [0.25, 0.3) is 0 Å². The lowest BCUT2D eigenvalue weighted by molar-refractivity contribution is -0.130. The van der Waals surface area contributed by atoms with Crippen molar-refractivity contribution < 1.29 is 9.53 Å². The van der Waals surface area contributed by atoms with Crippen LogP contribution >= 0.6 is 0 Å². The highest BCUT2D eigenvalue weighted by Crippen LogP contribution is 2.30. The molecule has 1 aromatic carbocycles. The van der Waals surface area contributed by atoms with E-state index >= 15 is 0 Å². The Kier molecular flexibility index (Phi) is 5.45. The van der Waals surface area contributed by atoms with Crippen LogP contribution in [-0.2, 0) is 11.2 Å². The van der Waals surface area contributed by atoms with E-state index in [-0.39, 0.29) is 5.91 Å². The number of amides is 1. The molecule has 1 fully saturated rings. The Morgan fingerprint density at radius 2 is 1.95 bits per heavy atom. The third-order valence-electron chi connectivity index (χ3n) is 3.61. The van der Waals surface area contributed by atoms with Gasteiger partial charge in [0.05, 0.1) is 13.0 Å². The standard InChI is InChI=1S/C17H25NO2/c1-3-11-18(13-15-5-6-15)17(19)12-14-7-9-16(10-8-14)20-4-2/h7-10,15H,3-6,11-13H2,1-2H3. The van der Waals surface area contributed by atoms with Gasteiger partial charge in [0.15, 0.2) is 0 Å². The zero-order valence-corrected chi connectivity index (χ0v) is 12.6. The molecule has 3 nitrogen and oxygen atoms in total. The minimum atomic E-state index is 0.253. The van der Waals surface area contributed by atoms with Crippen molar-refractivity contribution in [2.75, 3.05) is 19.7 Å². The molecule has 1 aromatic rings. The number of benzene rings is 1. The van der Waals surface area contributed by atoms with Gasteiger partial charge in [-0.15, -0.1) is 0 Å². The number of carbonyl (C=O) groups excluding carboxylic acids is 1. The van der Waals surface area contributed by atoms with Gasteiger partial charge in [0.25, 0.3) is 0 Å². The maximum absolute atomic E-state index is 12.4. The maximum Gasteiger partial charge on any atom is 0.226 e. The van der Waals surface area contributed by atoms with E-state index in [1.54, 1.807) is 0 Å². The van der Waals surface area contributed by atoms with Crippen LogP contribution in [0.3, 0.4) is 0 Å². The van der Waals surface area contributed by atoms with E-state index < -0.39 is 0 Å². The van der Waals surface area contributed by atoms with Gasteiger partial charge in [-0.3, -0.25) is 4.79 Å². The third kappa shape index (κ3) is 4.55. The second kappa shape index (κ2) is 7.32. The van der Waals surface area contributed by atoms with E-state index in [4.69, 9.17) is 4.74 Å². The lowest BCUT2D eigenvalue weighted by Gasteiger charge is -2.22. The highest BCUT2D eigenvalue weighted by Gasteiger charge is 2.26. The van der Waals surface area contributed by atoms with Crippen LogP contribution in [0, 0.1) is 5.92 Å². The molecule has 0 N–H and O–H groups in total. The first kappa shape index (κ1) is 14.9. The fourth-order valence-electron chi connectivity index (χ4n) is 2.36. The number of hydrogen-bond donors (Lipinski definition) is 0. The summed E-state index contributed by atoms with van der Waals surface area (Å²) in [5.74, 6) is 1.88. The van der Waals surface area contributed by atoms with E-state index in [0.29, 0.717) is 13.0 Å². The minimum absolute atomic E-state index is 0.253. The first-order valence-electron chi connectivity index (χ1n) is 7.72. The normalized spacial score (nSPS) is 14.1. The topological polar surface area (TPSA) is 29.5 Å². The molecule has 0 radical (unpaired) electrons. The molecule has 0 atom stereocenters. The summed E-state index contributed by atoms with van der Waals surface area (Å²) < 4.78 is 5.42. The van der Waals surface area contributed by atoms with E-state index in [1.165, 1.54) is 12.8 Å². The number of carbonyl (C=O) groups is 1. The molecule has 3 heteroatoms. The second-order valence-electron chi connectivity index (χ2n) is 5.54. The van der Waals surface area contributed by atoms with Crippen LogP contribution in [0.15, 0.2) is 24.3 Å². The fourth-order valence-corrected chi connectivity index (χ4v) is 2.36. The average molecular weight is 275 g/mol. The second-order valence-corrected chi connectivity index (χ2v) is 5.54. The molecule has 20 heavy (non-hydrogen) atoms. The lowest BCUT2D eigenvalue weighted by atomic mass is 10.1. The molecule has 0 aliphatic heterocycles. The molecule has 0 saturated heterocycles. The van der Waals surface area contributed by atoms with Gasteiger partial charge in [0.1, 0.15) is 5.75 Å². The van der Waals surface area contributed by atoms with Crippen LogP contribution < -0.4 is 4.74 Å². The highest BCUT2D eigenvalue weighted by atomic mass is 16.5. The highest BCUT2D eigenvalue weighted by molar-refractivity contribution is 5.78. The quantitative estimate of drug-likeness (QED) is 0.728. The van der Waals surface area contributed by atoms with Gasteiger partial charge in [0.2, 0.25) is 5.91 Å². The van der Waals surface area contributed by atoms with E-state index in [0.717, 1.165) is 36.7 Å². The Morgan fingerprint density at radius 3 is 2.50 bits per heavy atom. The predicted molar refractivity (Wildman–Crippen MR) is 80.9 cm³/mol. The molecular formula is C17H25NO2. The van der Waals surface area contributed by atoms with Gasteiger partial charge >= 0.3 is 0 Å². The smallest absolute Gasteiger partial charge is 0.226 e. The van der Waals surface area contributed by atoms with Gasteiger partial charge in [0, 0.05) is 13.1 Å². The van der Waals surface area contributed by atoms with Gasteiger partial charge in [-0.05, 0) is 49.8 Å². The largest absolute Gasteiger partial charge is 0.494 e. The summed E-state index contributed by atoms with van der Waals surface area (Å²) in [6, 6.07) is 7.86. The molecule has 110 valence electrons. The summed E-state index contributed by atoms with van der Waals surface area (Å²) >= 11 is 0. The van der Waals surface area contributed by atoms with Crippen molar-refractivity contribution in [3.63, 3.8) is 0 Å². The summed E-state index contributed by atoms with van der Waals surface area (Å²) in [4.78, 5) is 14.4. The molecule has 1 amide bonds. The van der Waals surface area contributed by atoms with Crippen molar-refractivity contribution in [2.45, 2.75) is 39.5 Å². The van der Waals surface area contributed by atoms with Gasteiger partial charge in [-0.2, -0.15) is 0 Å². The molecule has 1 aliphatic rings. The van der Waals surface area contributed by atoms with Crippen LogP contribution in [-0.4, -0.2) is 30.5 Å². The fraction of sp³-hybridized carbons (Fsp3) is 0.588. The molecule has 1 aliphatic carbocycles. The lowest BCUT2D eigenvalue weighted by Crippen LogP contribution is -2.34. The predicted octanol–water partition coefficient (Wildman–Crippen LogP) is 3.28. The van der Waals surface area contributed by atoms with E-state index in [2.05, 4.69) is 6.92 Å². The van der Waals surface area contributed by atoms with Gasteiger partial charge in [-0.1, -0.05) is 19.1 Å². The first-order valence-corrected chi connectivity index (χ1v) is 7.72. The molecular weight excluding hydrogens is 250 g/mol. The monoisotopic (exact) mass is 275 g/mol. The molecule has 0 spiro atoms.